The van der Waals surface area contributed by atoms with Gasteiger partial charge in [0, 0.05) is 12.5 Å². The normalized spacial score (nSPS) is 15.9. The average molecular weight is 371 g/mol. The molecular weight excluding hydrogens is 355 g/mol. The molecule has 2 aromatic heterocycles. The fourth-order valence-corrected chi connectivity index (χ4v) is 3.27. The summed E-state index contributed by atoms with van der Waals surface area (Å²) in [6.45, 7) is 0. The molecule has 2 aromatic rings. The number of hydrogen-bond donors (Lipinski definition) is 0. The molecule has 25 heavy (non-hydrogen) atoms. The second-order valence-corrected chi connectivity index (χ2v) is 7.94. The summed E-state index contributed by atoms with van der Waals surface area (Å²) in [5.41, 5.74) is 0.137. The molecule has 0 saturated heterocycles. The van der Waals surface area contributed by atoms with E-state index in [0.29, 0.717) is 12.1 Å². The quantitative estimate of drug-likeness (QED) is 0.826. The van der Waals surface area contributed by atoms with Gasteiger partial charge >= 0.3 is 6.18 Å². The molecule has 0 aliphatic heterocycles. The molecule has 0 fully saturated rings. The van der Waals surface area contributed by atoms with E-state index in [1.54, 1.807) is 0 Å². The van der Waals surface area contributed by atoms with Gasteiger partial charge in [-0.1, -0.05) is 6.08 Å². The highest BCUT2D eigenvalue weighted by Crippen LogP contribution is 2.34. The Morgan fingerprint density at radius 3 is 2.48 bits per heavy atom. The molecule has 3 rings (SSSR count). The Bertz CT molecular complexity index is 913. The number of nitrogens with zero attached hydrogens (tertiary/aromatic N) is 3. The van der Waals surface area contributed by atoms with Crippen molar-refractivity contribution in [2.24, 2.45) is 0 Å². The third-order valence-corrected chi connectivity index (χ3v) is 5.08. The maximum absolute atomic E-state index is 13.1. The zero-order valence-electron chi connectivity index (χ0n) is 13.4. The minimum Gasteiger partial charge on any atom is -0.236 e. The van der Waals surface area contributed by atoms with Gasteiger partial charge in [0.25, 0.3) is 0 Å². The molecule has 0 aromatic carbocycles. The van der Waals surface area contributed by atoms with Gasteiger partial charge < -0.3 is 0 Å². The zero-order valence-corrected chi connectivity index (χ0v) is 14.2. The van der Waals surface area contributed by atoms with Crippen LogP contribution in [0.25, 0.3) is 11.4 Å². The number of sulfone groups is 1. The van der Waals surface area contributed by atoms with E-state index in [1.165, 1.54) is 12.1 Å². The van der Waals surface area contributed by atoms with Crippen molar-refractivity contribution in [3.63, 3.8) is 0 Å². The van der Waals surface area contributed by atoms with E-state index in [1.807, 2.05) is 6.08 Å². The molecule has 0 atom stereocenters. The molecule has 0 radical (unpaired) electrons. The maximum atomic E-state index is 13.1. The number of pyridine rings is 1. The van der Waals surface area contributed by atoms with Crippen LogP contribution in [0, 0.1) is 0 Å². The summed E-state index contributed by atoms with van der Waals surface area (Å²) in [5, 5.41) is 3.66. The zero-order chi connectivity index (χ0) is 18.2. The lowest BCUT2D eigenvalue weighted by Crippen LogP contribution is -2.09. The molecule has 0 amide bonds. The standard InChI is InChI=1S/C16H16F3N3O2S/c1-25(23,24)12-7-8-15(20-10-12)22-13(11-5-3-2-4-6-11)9-14(21-22)16(17,18)19/h5,7-10H,2-4,6H2,1H3. The number of halogens is 3. The summed E-state index contributed by atoms with van der Waals surface area (Å²) in [5.74, 6) is 0.143. The first-order chi connectivity index (χ1) is 11.7. The highest BCUT2D eigenvalue weighted by Gasteiger charge is 2.35. The van der Waals surface area contributed by atoms with Gasteiger partial charge in [0.05, 0.1) is 10.6 Å². The van der Waals surface area contributed by atoms with E-state index in [0.717, 1.165) is 48.0 Å². The Kier molecular flexibility index (Phi) is 4.44. The van der Waals surface area contributed by atoms with Crippen molar-refractivity contribution in [1.29, 1.82) is 0 Å². The highest BCUT2D eigenvalue weighted by atomic mass is 32.2. The second-order valence-electron chi connectivity index (χ2n) is 5.92. The molecule has 0 N–H and O–H groups in total. The summed E-state index contributed by atoms with van der Waals surface area (Å²) in [6.07, 6.45) is 2.90. The van der Waals surface area contributed by atoms with Crippen molar-refractivity contribution in [1.82, 2.24) is 14.8 Å². The first kappa shape index (κ1) is 17.7. The first-order valence-electron chi connectivity index (χ1n) is 7.69. The van der Waals surface area contributed by atoms with Crippen LogP contribution >= 0.6 is 0 Å². The third kappa shape index (κ3) is 3.76. The van der Waals surface area contributed by atoms with Crippen LogP contribution in [0.4, 0.5) is 13.2 Å². The predicted octanol–water partition coefficient (Wildman–Crippen LogP) is 3.65. The van der Waals surface area contributed by atoms with Crippen LogP contribution in [0.1, 0.15) is 37.1 Å². The van der Waals surface area contributed by atoms with Crippen LogP contribution in [0.2, 0.25) is 0 Å². The molecule has 0 saturated carbocycles. The Morgan fingerprint density at radius 1 is 1.20 bits per heavy atom. The summed E-state index contributed by atoms with van der Waals surface area (Å²) in [7, 11) is -3.43. The number of rotatable bonds is 3. The van der Waals surface area contributed by atoms with E-state index in [4.69, 9.17) is 0 Å². The Balaban J connectivity index is 2.11. The molecule has 2 heterocycles. The van der Waals surface area contributed by atoms with Crippen LogP contribution < -0.4 is 0 Å². The largest absolute Gasteiger partial charge is 0.435 e. The van der Waals surface area contributed by atoms with Crippen molar-refractivity contribution in [2.45, 2.75) is 36.8 Å². The molecule has 5 nitrogen and oxygen atoms in total. The Hall–Kier alpha value is -2.16. The number of allylic oxidation sites excluding steroid dienone is 2. The molecular formula is C16H16F3N3O2S. The van der Waals surface area contributed by atoms with Gasteiger partial charge in [-0.3, -0.25) is 0 Å². The van der Waals surface area contributed by atoms with Gasteiger partial charge in [-0.25, -0.2) is 18.1 Å². The molecule has 134 valence electrons. The van der Waals surface area contributed by atoms with Crippen LogP contribution in [-0.4, -0.2) is 29.4 Å². The lowest BCUT2D eigenvalue weighted by atomic mass is 9.97. The van der Waals surface area contributed by atoms with Crippen LogP contribution in [0.15, 0.2) is 35.4 Å². The average Bonchev–Trinajstić information content (AvgIpc) is 3.00. The van der Waals surface area contributed by atoms with Crippen molar-refractivity contribution in [3.8, 4) is 5.82 Å². The van der Waals surface area contributed by atoms with Crippen LogP contribution in [0.3, 0.4) is 0 Å². The van der Waals surface area contributed by atoms with Gasteiger partial charge in [-0.15, -0.1) is 0 Å². The highest BCUT2D eigenvalue weighted by molar-refractivity contribution is 7.90. The van der Waals surface area contributed by atoms with Crippen LogP contribution in [-0.2, 0) is 16.0 Å². The summed E-state index contributed by atoms with van der Waals surface area (Å²) in [4.78, 5) is 3.99. The Labute approximate surface area is 143 Å². The number of aromatic nitrogens is 3. The van der Waals surface area contributed by atoms with Crippen molar-refractivity contribution < 1.29 is 21.6 Å². The summed E-state index contributed by atoms with van der Waals surface area (Å²) < 4.78 is 63.4. The molecule has 9 heteroatoms. The van der Waals surface area contributed by atoms with E-state index in [-0.39, 0.29) is 10.7 Å². The van der Waals surface area contributed by atoms with Gasteiger partial charge in [-0.2, -0.15) is 18.3 Å². The SMILES string of the molecule is CS(=O)(=O)c1ccc(-n2nc(C(F)(F)F)cc2C2=CCCCC2)nc1. The van der Waals surface area contributed by atoms with E-state index < -0.39 is 21.7 Å². The fourth-order valence-electron chi connectivity index (χ4n) is 2.71. The minimum atomic E-state index is -4.57. The summed E-state index contributed by atoms with van der Waals surface area (Å²) in [6, 6.07) is 3.69. The van der Waals surface area contributed by atoms with Gasteiger partial charge in [0.15, 0.2) is 21.3 Å². The van der Waals surface area contributed by atoms with E-state index in [9.17, 15) is 21.6 Å². The predicted molar refractivity (Wildman–Crippen MR) is 85.9 cm³/mol. The smallest absolute Gasteiger partial charge is 0.236 e. The van der Waals surface area contributed by atoms with Crippen molar-refractivity contribution >= 4 is 15.4 Å². The van der Waals surface area contributed by atoms with Gasteiger partial charge in [-0.05, 0) is 49.5 Å². The monoisotopic (exact) mass is 371 g/mol. The lowest BCUT2D eigenvalue weighted by molar-refractivity contribution is -0.141. The number of alkyl halides is 3. The van der Waals surface area contributed by atoms with Gasteiger partial charge in [0.1, 0.15) is 0 Å². The first-order valence-corrected chi connectivity index (χ1v) is 9.58. The lowest BCUT2D eigenvalue weighted by Gasteiger charge is -2.14. The molecule has 1 aliphatic rings. The molecule has 0 unspecified atom stereocenters. The van der Waals surface area contributed by atoms with Crippen molar-refractivity contribution in [2.75, 3.05) is 6.26 Å². The fraction of sp³-hybridized carbons (Fsp3) is 0.375. The minimum absolute atomic E-state index is 0.00196. The van der Waals surface area contributed by atoms with Crippen molar-refractivity contribution in [3.05, 3.63) is 41.9 Å². The van der Waals surface area contributed by atoms with Crippen LogP contribution in [0.5, 0.6) is 0 Å². The Morgan fingerprint density at radius 2 is 1.96 bits per heavy atom. The number of hydrogen-bond acceptors (Lipinski definition) is 4. The maximum Gasteiger partial charge on any atom is 0.435 e. The third-order valence-electron chi connectivity index (χ3n) is 3.99. The topological polar surface area (TPSA) is 64.8 Å². The second kappa shape index (κ2) is 6.29. The molecule has 0 spiro atoms. The van der Waals surface area contributed by atoms with Gasteiger partial charge in [0.2, 0.25) is 0 Å². The molecule has 1 aliphatic carbocycles. The van der Waals surface area contributed by atoms with E-state index >= 15 is 0 Å². The van der Waals surface area contributed by atoms with E-state index in [2.05, 4.69) is 10.1 Å². The summed E-state index contributed by atoms with van der Waals surface area (Å²) >= 11 is 0. The molecule has 0 bridgehead atoms.